The third-order valence-electron chi connectivity index (χ3n) is 6.21. The summed E-state index contributed by atoms with van der Waals surface area (Å²) in [5.74, 6) is -2.31. The number of rotatable bonds is 4. The second-order valence-electron chi connectivity index (χ2n) is 8.15. The van der Waals surface area contributed by atoms with Gasteiger partial charge in [0.25, 0.3) is 0 Å². The second-order valence-corrected chi connectivity index (χ2v) is 8.15. The van der Waals surface area contributed by atoms with E-state index in [2.05, 4.69) is 13.2 Å². The molecule has 0 amide bonds. The SMILES string of the molecule is C=C(CO)C(=O)OC1CC2(C)C=CC(OC(C)=O)C(C)C2C2OC(=O)C(=C)C12. The average Bonchev–Trinajstić information content (AvgIpc) is 2.91. The van der Waals surface area contributed by atoms with Gasteiger partial charge in [0.2, 0.25) is 0 Å². The number of hydrogen-bond donors (Lipinski definition) is 1. The molecule has 1 saturated heterocycles. The molecule has 28 heavy (non-hydrogen) atoms. The molecule has 0 aromatic heterocycles. The molecule has 2 aliphatic carbocycles. The van der Waals surface area contributed by atoms with Gasteiger partial charge in [-0.3, -0.25) is 4.79 Å². The number of esters is 3. The Kier molecular flexibility index (Phi) is 5.23. The monoisotopic (exact) mass is 390 g/mol. The van der Waals surface area contributed by atoms with Crippen LogP contribution in [0.1, 0.15) is 27.2 Å². The third kappa shape index (κ3) is 3.28. The zero-order valence-electron chi connectivity index (χ0n) is 16.3. The lowest BCUT2D eigenvalue weighted by Crippen LogP contribution is -2.56. The molecule has 1 heterocycles. The molecule has 0 aromatic rings. The highest BCUT2D eigenvalue weighted by molar-refractivity contribution is 5.92. The number of fused-ring (bicyclic) bond motifs is 3. The maximum Gasteiger partial charge on any atom is 0.336 e. The maximum absolute atomic E-state index is 12.3. The fourth-order valence-electron chi connectivity index (χ4n) is 4.92. The first kappa shape index (κ1) is 20.3. The van der Waals surface area contributed by atoms with E-state index in [1.165, 1.54) is 6.92 Å². The number of carbonyl (C=O) groups excluding carboxylic acids is 3. The van der Waals surface area contributed by atoms with Crippen LogP contribution in [0.5, 0.6) is 0 Å². The molecule has 7 heteroatoms. The van der Waals surface area contributed by atoms with Gasteiger partial charge in [0.1, 0.15) is 18.3 Å². The highest BCUT2D eigenvalue weighted by atomic mass is 16.6. The normalized spacial score (nSPS) is 38.9. The van der Waals surface area contributed by atoms with Crippen LogP contribution in [0.25, 0.3) is 0 Å². The molecule has 7 unspecified atom stereocenters. The molecule has 1 aliphatic heterocycles. The second kappa shape index (κ2) is 7.20. The van der Waals surface area contributed by atoms with Gasteiger partial charge in [0.05, 0.1) is 18.1 Å². The fraction of sp³-hybridized carbons (Fsp3) is 0.571. The molecule has 7 nitrogen and oxygen atoms in total. The zero-order valence-corrected chi connectivity index (χ0v) is 16.3. The zero-order chi connectivity index (χ0) is 20.8. The third-order valence-corrected chi connectivity index (χ3v) is 6.21. The molecule has 1 N–H and O–H groups in total. The van der Waals surface area contributed by atoms with Crippen LogP contribution in [0.2, 0.25) is 0 Å². The maximum atomic E-state index is 12.3. The van der Waals surface area contributed by atoms with Crippen LogP contribution in [0.3, 0.4) is 0 Å². The lowest BCUT2D eigenvalue weighted by molar-refractivity contribution is -0.173. The summed E-state index contributed by atoms with van der Waals surface area (Å²) < 4.78 is 16.7. The van der Waals surface area contributed by atoms with Crippen molar-refractivity contribution in [2.45, 2.75) is 45.5 Å². The molecule has 0 spiro atoms. The van der Waals surface area contributed by atoms with Gasteiger partial charge in [0.15, 0.2) is 0 Å². The lowest BCUT2D eigenvalue weighted by atomic mass is 9.54. The van der Waals surface area contributed by atoms with Crippen molar-refractivity contribution < 1.29 is 33.7 Å². The molecule has 0 bridgehead atoms. The highest BCUT2D eigenvalue weighted by Crippen LogP contribution is 2.56. The number of ether oxygens (including phenoxy) is 3. The number of aliphatic hydroxyl groups is 1. The summed E-state index contributed by atoms with van der Waals surface area (Å²) in [5.41, 5.74) is -0.222. The van der Waals surface area contributed by atoms with Gasteiger partial charge in [0, 0.05) is 24.3 Å². The molecule has 0 aromatic carbocycles. The summed E-state index contributed by atoms with van der Waals surface area (Å²) in [6, 6.07) is 0. The van der Waals surface area contributed by atoms with E-state index >= 15 is 0 Å². The Bertz CT molecular complexity index is 767. The first-order valence-corrected chi connectivity index (χ1v) is 9.35. The van der Waals surface area contributed by atoms with Crippen molar-refractivity contribution in [3.05, 3.63) is 36.5 Å². The van der Waals surface area contributed by atoms with E-state index in [0.29, 0.717) is 6.42 Å². The van der Waals surface area contributed by atoms with E-state index in [1.54, 1.807) is 0 Å². The smallest absolute Gasteiger partial charge is 0.336 e. The van der Waals surface area contributed by atoms with Crippen molar-refractivity contribution in [1.82, 2.24) is 0 Å². The highest BCUT2D eigenvalue weighted by Gasteiger charge is 2.61. The summed E-state index contributed by atoms with van der Waals surface area (Å²) in [5, 5.41) is 9.14. The van der Waals surface area contributed by atoms with Crippen molar-refractivity contribution in [1.29, 1.82) is 0 Å². The molecular weight excluding hydrogens is 364 g/mol. The van der Waals surface area contributed by atoms with Crippen LogP contribution >= 0.6 is 0 Å². The Hall–Kier alpha value is -2.41. The van der Waals surface area contributed by atoms with Crippen molar-refractivity contribution >= 4 is 17.9 Å². The Labute approximate surface area is 164 Å². The summed E-state index contributed by atoms with van der Waals surface area (Å²) in [7, 11) is 0. The average molecular weight is 390 g/mol. The number of hydrogen-bond acceptors (Lipinski definition) is 7. The van der Waals surface area contributed by atoms with Crippen molar-refractivity contribution in [2.24, 2.45) is 23.2 Å². The van der Waals surface area contributed by atoms with E-state index in [0.717, 1.165) is 0 Å². The van der Waals surface area contributed by atoms with E-state index in [-0.39, 0.29) is 29.0 Å². The van der Waals surface area contributed by atoms with Gasteiger partial charge in [-0.1, -0.05) is 33.1 Å². The van der Waals surface area contributed by atoms with Gasteiger partial charge < -0.3 is 19.3 Å². The Morgan fingerprint density at radius 1 is 1.39 bits per heavy atom. The number of allylic oxidation sites excluding steroid dienone is 1. The minimum atomic E-state index is -0.703. The van der Waals surface area contributed by atoms with Crippen LogP contribution in [-0.4, -0.2) is 47.9 Å². The summed E-state index contributed by atoms with van der Waals surface area (Å²) in [6.07, 6.45) is 2.65. The van der Waals surface area contributed by atoms with Gasteiger partial charge in [-0.15, -0.1) is 0 Å². The van der Waals surface area contributed by atoms with Crippen molar-refractivity contribution in [2.75, 3.05) is 6.61 Å². The van der Waals surface area contributed by atoms with Crippen LogP contribution in [0.15, 0.2) is 36.5 Å². The predicted octanol–water partition coefficient (Wildman–Crippen LogP) is 1.71. The number of carbonyl (C=O) groups is 3. The van der Waals surface area contributed by atoms with Crippen molar-refractivity contribution in [3.8, 4) is 0 Å². The molecular formula is C21H26O7. The molecule has 152 valence electrons. The number of aliphatic hydroxyl groups excluding tert-OH is 1. The van der Waals surface area contributed by atoms with E-state index in [9.17, 15) is 14.4 Å². The topological polar surface area (TPSA) is 99.1 Å². The van der Waals surface area contributed by atoms with Crippen LogP contribution in [0.4, 0.5) is 0 Å². The Morgan fingerprint density at radius 3 is 2.68 bits per heavy atom. The summed E-state index contributed by atoms with van der Waals surface area (Å²) in [4.78, 5) is 35.9. The summed E-state index contributed by atoms with van der Waals surface area (Å²) in [6.45, 7) is 12.2. The van der Waals surface area contributed by atoms with Crippen LogP contribution in [-0.2, 0) is 28.6 Å². The van der Waals surface area contributed by atoms with Gasteiger partial charge in [-0.2, -0.15) is 0 Å². The molecule has 2 fully saturated rings. The van der Waals surface area contributed by atoms with Gasteiger partial charge in [-0.05, 0) is 17.9 Å². The van der Waals surface area contributed by atoms with E-state index in [4.69, 9.17) is 19.3 Å². The van der Waals surface area contributed by atoms with E-state index < -0.39 is 48.2 Å². The van der Waals surface area contributed by atoms with Crippen LogP contribution in [0, 0.1) is 23.2 Å². The first-order chi connectivity index (χ1) is 13.1. The summed E-state index contributed by atoms with van der Waals surface area (Å²) >= 11 is 0. The molecule has 3 aliphatic rings. The van der Waals surface area contributed by atoms with Crippen LogP contribution < -0.4 is 0 Å². The largest absolute Gasteiger partial charge is 0.458 e. The minimum absolute atomic E-state index is 0.0536. The molecule has 0 radical (unpaired) electrons. The van der Waals surface area contributed by atoms with E-state index in [1.807, 2.05) is 26.0 Å². The molecule has 1 saturated carbocycles. The Balaban J connectivity index is 1.96. The van der Waals surface area contributed by atoms with Crippen molar-refractivity contribution in [3.63, 3.8) is 0 Å². The quantitative estimate of drug-likeness (QED) is 0.338. The first-order valence-electron chi connectivity index (χ1n) is 9.35. The molecule has 3 rings (SSSR count). The minimum Gasteiger partial charge on any atom is -0.458 e. The molecule has 7 atom stereocenters. The van der Waals surface area contributed by atoms with Gasteiger partial charge >= 0.3 is 17.9 Å². The fourth-order valence-corrected chi connectivity index (χ4v) is 4.92. The predicted molar refractivity (Wildman–Crippen MR) is 98.7 cm³/mol. The van der Waals surface area contributed by atoms with Gasteiger partial charge in [-0.25, -0.2) is 9.59 Å². The lowest BCUT2D eigenvalue weighted by Gasteiger charge is -2.53. The standard InChI is InChI=1S/C21H26O7/c1-10(9-22)19(24)27-15-8-21(5)7-6-14(26-13(4)23)11(2)17(21)18-16(15)12(3)20(25)28-18/h6-7,11,14-18,22H,1,3,8-9H2,2,4-5H3. The Morgan fingerprint density at radius 2 is 2.07 bits per heavy atom.